The van der Waals surface area contributed by atoms with Crippen molar-refractivity contribution in [1.82, 2.24) is 4.42 Å². The topological polar surface area (TPSA) is 54.5 Å². The molecule has 1 amide bonds. The largest absolute Gasteiger partial charge is 0.277 e. The summed E-state index contributed by atoms with van der Waals surface area (Å²) in [5, 5.41) is 0. The Morgan fingerprint density at radius 3 is 2.56 bits per heavy atom. The van der Waals surface area contributed by atoms with E-state index >= 15 is 0 Å². The number of nitrogens with zero attached hydrogens (tertiary/aromatic N) is 1. The van der Waals surface area contributed by atoms with E-state index in [-0.39, 0.29) is 17.2 Å². The van der Waals surface area contributed by atoms with Gasteiger partial charge >= 0.3 is 0 Å². The van der Waals surface area contributed by atoms with E-state index in [9.17, 15) is 13.2 Å². The fraction of sp³-hybridized carbons (Fsp3) is 0.300. The van der Waals surface area contributed by atoms with Crippen LogP contribution in [0.2, 0.25) is 0 Å². The average molecular weight is 262 g/mol. The third-order valence-corrected chi connectivity index (χ3v) is 4.15. The first-order chi connectivity index (χ1) is 7.51. The third kappa shape index (κ3) is 2.96. The fourth-order valence-electron chi connectivity index (χ4n) is 1.29. The molecule has 16 heavy (non-hydrogen) atoms. The zero-order valence-corrected chi connectivity index (χ0v) is 10.3. The van der Waals surface area contributed by atoms with Crippen LogP contribution in [0.3, 0.4) is 0 Å². The molecule has 0 aliphatic heterocycles. The average Bonchev–Trinajstić information content (AvgIpc) is 2.29. The summed E-state index contributed by atoms with van der Waals surface area (Å²) in [5.74, 6) is 0.0212. The van der Waals surface area contributed by atoms with Crippen LogP contribution < -0.4 is 0 Å². The van der Waals surface area contributed by atoms with Crippen molar-refractivity contribution in [1.29, 1.82) is 0 Å². The molecule has 0 N–H and O–H groups in total. The Bertz CT molecular complexity index is 473. The van der Waals surface area contributed by atoms with Gasteiger partial charge in [-0.1, -0.05) is 25.1 Å². The second-order valence-electron chi connectivity index (χ2n) is 3.17. The summed E-state index contributed by atoms with van der Waals surface area (Å²) in [5.41, 5.74) is 0.520. The molecular formula is C10H12ClNO3S. The molecule has 0 atom stereocenters. The Hall–Kier alpha value is -1.07. The summed E-state index contributed by atoms with van der Waals surface area (Å²) >= 11 is 5.54. The van der Waals surface area contributed by atoms with Gasteiger partial charge in [-0.2, -0.15) is 0 Å². The molecule has 0 aliphatic carbocycles. The van der Waals surface area contributed by atoms with Gasteiger partial charge < -0.3 is 0 Å². The third-order valence-electron chi connectivity index (χ3n) is 2.12. The van der Waals surface area contributed by atoms with Crippen LogP contribution in [0.4, 0.5) is 0 Å². The van der Waals surface area contributed by atoms with Crippen LogP contribution in [0.25, 0.3) is 0 Å². The van der Waals surface area contributed by atoms with E-state index in [0.29, 0.717) is 12.0 Å². The predicted molar refractivity (Wildman–Crippen MR) is 61.6 cm³/mol. The molecule has 1 aromatic carbocycles. The Morgan fingerprint density at radius 2 is 2.00 bits per heavy atom. The van der Waals surface area contributed by atoms with Gasteiger partial charge in [0.15, 0.2) is 9.84 Å². The van der Waals surface area contributed by atoms with E-state index in [0.717, 1.165) is 4.42 Å². The Kier molecular flexibility index (Phi) is 4.32. The lowest BCUT2D eigenvalue weighted by molar-refractivity contribution is -0.114. The van der Waals surface area contributed by atoms with E-state index in [2.05, 4.69) is 0 Å². The minimum Gasteiger partial charge on any atom is -0.277 e. The first kappa shape index (κ1) is 13.0. The Labute approximate surface area is 99.9 Å². The zero-order chi connectivity index (χ0) is 12.2. The van der Waals surface area contributed by atoms with Crippen LogP contribution in [0.1, 0.15) is 12.5 Å². The van der Waals surface area contributed by atoms with Crippen LogP contribution in [-0.2, 0) is 21.2 Å². The maximum atomic E-state index is 11.7. The van der Waals surface area contributed by atoms with Crippen LogP contribution in [0.15, 0.2) is 29.2 Å². The molecule has 0 aromatic heterocycles. The number of carbonyl (C=O) groups is 1. The quantitative estimate of drug-likeness (QED) is 0.598. The number of halogens is 1. The summed E-state index contributed by atoms with van der Waals surface area (Å²) < 4.78 is 24.4. The molecule has 0 saturated carbocycles. The van der Waals surface area contributed by atoms with Crippen molar-refractivity contribution in [2.45, 2.75) is 18.4 Å². The van der Waals surface area contributed by atoms with E-state index < -0.39 is 9.84 Å². The molecule has 0 unspecified atom stereocenters. The summed E-state index contributed by atoms with van der Waals surface area (Å²) in [7, 11) is -3.28. The van der Waals surface area contributed by atoms with Gasteiger partial charge in [0.05, 0.1) is 17.2 Å². The molecule has 0 heterocycles. The lowest BCUT2D eigenvalue weighted by Gasteiger charge is -2.11. The van der Waals surface area contributed by atoms with Crippen LogP contribution in [0, 0.1) is 0 Å². The number of hydrogen-bond donors (Lipinski definition) is 0. The molecule has 88 valence electrons. The zero-order valence-electron chi connectivity index (χ0n) is 8.76. The number of carbonyl (C=O) groups excluding carboxylic acids is 1. The first-order valence-corrected chi connectivity index (χ1v) is 6.68. The van der Waals surface area contributed by atoms with E-state index in [1.807, 2.05) is 0 Å². The van der Waals surface area contributed by atoms with Crippen molar-refractivity contribution >= 4 is 28.0 Å². The smallest absolute Gasteiger partial charge is 0.224 e. The van der Waals surface area contributed by atoms with Gasteiger partial charge in [0.2, 0.25) is 6.41 Å². The van der Waals surface area contributed by atoms with Gasteiger partial charge in [0, 0.05) is 11.8 Å². The maximum absolute atomic E-state index is 11.7. The molecule has 0 aliphatic rings. The minimum absolute atomic E-state index is 0.0212. The molecule has 1 rings (SSSR count). The van der Waals surface area contributed by atoms with Crippen molar-refractivity contribution in [3.05, 3.63) is 29.8 Å². The van der Waals surface area contributed by atoms with Crippen molar-refractivity contribution in [2.24, 2.45) is 0 Å². The number of sulfone groups is 1. The molecule has 0 fully saturated rings. The van der Waals surface area contributed by atoms with Gasteiger partial charge in [0.1, 0.15) is 0 Å². The summed E-state index contributed by atoms with van der Waals surface area (Å²) in [6.45, 7) is 1.64. The van der Waals surface area contributed by atoms with Crippen LogP contribution >= 0.6 is 11.8 Å². The Morgan fingerprint density at radius 1 is 1.38 bits per heavy atom. The lowest BCUT2D eigenvalue weighted by atomic mass is 10.2. The van der Waals surface area contributed by atoms with Gasteiger partial charge in [-0.25, -0.2) is 8.42 Å². The van der Waals surface area contributed by atoms with Crippen molar-refractivity contribution in [3.63, 3.8) is 0 Å². The molecule has 0 bridgehead atoms. The van der Waals surface area contributed by atoms with Crippen LogP contribution in [-0.4, -0.2) is 25.0 Å². The highest BCUT2D eigenvalue weighted by Crippen LogP contribution is 2.18. The maximum Gasteiger partial charge on any atom is 0.224 e. The number of rotatable bonds is 5. The summed E-state index contributed by atoms with van der Waals surface area (Å²) in [6.07, 6.45) is 0.441. The number of amides is 1. The first-order valence-electron chi connectivity index (χ1n) is 4.69. The van der Waals surface area contributed by atoms with Crippen LogP contribution in [0.5, 0.6) is 0 Å². The second kappa shape index (κ2) is 5.32. The van der Waals surface area contributed by atoms with E-state index in [1.165, 1.54) is 6.07 Å². The highest BCUT2D eigenvalue weighted by Gasteiger charge is 2.16. The van der Waals surface area contributed by atoms with Gasteiger partial charge in [-0.15, -0.1) is 0 Å². The van der Waals surface area contributed by atoms with E-state index in [4.69, 9.17) is 11.8 Å². The highest BCUT2D eigenvalue weighted by molar-refractivity contribution is 7.91. The standard InChI is InChI=1S/C10H12ClNO3S/c1-2-16(14,15)10-6-4-3-5-9(10)7-12(11)8-13/h3-6,8H,2,7H2,1H3. The minimum atomic E-state index is -3.28. The lowest BCUT2D eigenvalue weighted by Crippen LogP contribution is -2.13. The predicted octanol–water partition coefficient (Wildman–Crippen LogP) is 1.59. The molecule has 6 heteroatoms. The molecule has 4 nitrogen and oxygen atoms in total. The fourth-order valence-corrected chi connectivity index (χ4v) is 2.55. The number of hydrogen-bond acceptors (Lipinski definition) is 3. The molecule has 1 aromatic rings. The van der Waals surface area contributed by atoms with Gasteiger partial charge in [0.25, 0.3) is 0 Å². The molecule has 0 spiro atoms. The summed E-state index contributed by atoms with van der Waals surface area (Å²) in [4.78, 5) is 10.6. The van der Waals surface area contributed by atoms with Crippen molar-refractivity contribution < 1.29 is 13.2 Å². The van der Waals surface area contributed by atoms with Crippen molar-refractivity contribution in [3.8, 4) is 0 Å². The Balaban J connectivity index is 3.15. The van der Waals surface area contributed by atoms with Gasteiger partial charge in [-0.05, 0) is 11.6 Å². The SMILES string of the molecule is CCS(=O)(=O)c1ccccc1CN(Cl)C=O. The molecular weight excluding hydrogens is 250 g/mol. The normalized spacial score (nSPS) is 11.1. The molecule has 0 saturated heterocycles. The summed E-state index contributed by atoms with van der Waals surface area (Å²) in [6, 6.07) is 6.51. The second-order valence-corrected chi connectivity index (χ2v) is 5.86. The monoisotopic (exact) mass is 261 g/mol. The van der Waals surface area contributed by atoms with Crippen molar-refractivity contribution in [2.75, 3.05) is 5.75 Å². The van der Waals surface area contributed by atoms with Gasteiger partial charge in [-0.3, -0.25) is 9.21 Å². The molecule has 0 radical (unpaired) electrons. The number of benzene rings is 1. The highest BCUT2D eigenvalue weighted by atomic mass is 35.5. The van der Waals surface area contributed by atoms with E-state index in [1.54, 1.807) is 25.1 Å².